The number of carbonyl (C=O) groups is 1. The molecule has 136 valence electrons. The maximum Gasteiger partial charge on any atom is 0.573 e. The molecule has 0 aliphatic carbocycles. The number of hydrogen-bond acceptors (Lipinski definition) is 3. The lowest BCUT2D eigenvalue weighted by Gasteiger charge is -2.30. The van der Waals surface area contributed by atoms with E-state index in [1.165, 1.54) is 12.1 Å². The van der Waals surface area contributed by atoms with E-state index in [4.69, 9.17) is 0 Å². The van der Waals surface area contributed by atoms with Gasteiger partial charge in [0.25, 0.3) is 0 Å². The number of amides is 1. The van der Waals surface area contributed by atoms with Gasteiger partial charge in [-0.3, -0.25) is 4.79 Å². The van der Waals surface area contributed by atoms with Gasteiger partial charge in [0.05, 0.1) is 0 Å². The van der Waals surface area contributed by atoms with Crippen LogP contribution in [0.3, 0.4) is 0 Å². The molecule has 0 aromatic heterocycles. The number of hydrogen-bond donors (Lipinski definition) is 2. The molecule has 1 aliphatic rings. The second-order valence-corrected chi connectivity index (χ2v) is 5.71. The summed E-state index contributed by atoms with van der Waals surface area (Å²) in [5.74, 6) is -0.409. The van der Waals surface area contributed by atoms with Crippen LogP contribution in [0, 0.1) is 0 Å². The van der Waals surface area contributed by atoms with Gasteiger partial charge in [-0.05, 0) is 44.4 Å². The van der Waals surface area contributed by atoms with Crippen molar-refractivity contribution >= 4 is 18.3 Å². The van der Waals surface area contributed by atoms with Crippen LogP contribution in [0.25, 0.3) is 0 Å². The highest BCUT2D eigenvalue weighted by Crippen LogP contribution is 2.27. The molecule has 24 heavy (non-hydrogen) atoms. The predicted octanol–water partition coefficient (Wildman–Crippen LogP) is 3.20. The zero-order valence-corrected chi connectivity index (χ0v) is 14.2. The van der Waals surface area contributed by atoms with E-state index in [2.05, 4.69) is 15.4 Å². The lowest BCUT2D eigenvalue weighted by molar-refractivity contribution is -0.274. The minimum atomic E-state index is -4.73. The molecule has 1 heterocycles. The van der Waals surface area contributed by atoms with E-state index >= 15 is 0 Å². The highest BCUT2D eigenvalue weighted by Gasteiger charge is 2.32. The number of halogens is 4. The monoisotopic (exact) mass is 366 g/mol. The lowest BCUT2D eigenvalue weighted by atomic mass is 9.99. The first-order valence-corrected chi connectivity index (χ1v) is 7.71. The Balaban J connectivity index is 0.00000288. The zero-order chi connectivity index (χ0) is 16.9. The summed E-state index contributed by atoms with van der Waals surface area (Å²) >= 11 is 0. The molecule has 1 aliphatic heterocycles. The molecule has 4 nitrogen and oxygen atoms in total. The molecule has 1 saturated heterocycles. The van der Waals surface area contributed by atoms with Crippen LogP contribution in [-0.2, 0) is 11.2 Å². The summed E-state index contributed by atoms with van der Waals surface area (Å²) in [6, 6.07) is 6.17. The van der Waals surface area contributed by atoms with Gasteiger partial charge >= 0.3 is 6.36 Å². The Hall–Kier alpha value is -1.47. The van der Waals surface area contributed by atoms with Gasteiger partial charge in [-0.25, -0.2) is 0 Å². The molecule has 8 heteroatoms. The largest absolute Gasteiger partial charge is 0.573 e. The highest BCUT2D eigenvalue weighted by atomic mass is 35.5. The molecule has 1 aromatic carbocycles. The van der Waals surface area contributed by atoms with Crippen molar-refractivity contribution < 1.29 is 22.7 Å². The third-order valence-electron chi connectivity index (χ3n) is 3.93. The molecule has 0 bridgehead atoms. The molecular formula is C16H22ClF3N2O2. The van der Waals surface area contributed by atoms with Gasteiger partial charge < -0.3 is 15.4 Å². The maximum atomic E-state index is 12.4. The van der Waals surface area contributed by atoms with Crippen LogP contribution in [0.4, 0.5) is 13.2 Å². The Morgan fingerprint density at radius 3 is 2.75 bits per heavy atom. The van der Waals surface area contributed by atoms with Crippen molar-refractivity contribution in [2.24, 2.45) is 0 Å². The van der Waals surface area contributed by atoms with Gasteiger partial charge in [-0.2, -0.15) is 0 Å². The van der Waals surface area contributed by atoms with Crippen LogP contribution in [0.5, 0.6) is 5.75 Å². The first-order chi connectivity index (χ1) is 10.8. The summed E-state index contributed by atoms with van der Waals surface area (Å²) in [4.78, 5) is 12.0. The molecule has 0 spiro atoms. The quantitative estimate of drug-likeness (QED) is 0.841. The van der Waals surface area contributed by atoms with Crippen molar-refractivity contribution in [2.45, 2.75) is 51.1 Å². The average Bonchev–Trinajstić information content (AvgIpc) is 2.47. The third-order valence-corrected chi connectivity index (χ3v) is 3.93. The number of piperidine rings is 1. The number of carbonyl (C=O) groups excluding carboxylic acids is 1. The van der Waals surface area contributed by atoms with E-state index in [0.717, 1.165) is 19.4 Å². The maximum absolute atomic E-state index is 12.4. The van der Waals surface area contributed by atoms with E-state index in [0.29, 0.717) is 5.56 Å². The normalized spacial score (nSPS) is 20.8. The van der Waals surface area contributed by atoms with Crippen LogP contribution in [-0.4, -0.2) is 30.9 Å². The minimum Gasteiger partial charge on any atom is -0.406 e. The van der Waals surface area contributed by atoms with Crippen LogP contribution in [0.2, 0.25) is 0 Å². The van der Waals surface area contributed by atoms with E-state index in [1.807, 2.05) is 6.92 Å². The summed E-state index contributed by atoms with van der Waals surface area (Å²) in [5.41, 5.74) is 0.370. The van der Waals surface area contributed by atoms with Gasteiger partial charge in [0.15, 0.2) is 0 Å². The summed E-state index contributed by atoms with van der Waals surface area (Å²) < 4.78 is 41.1. The average molecular weight is 367 g/mol. The fourth-order valence-electron chi connectivity index (χ4n) is 2.70. The zero-order valence-electron chi connectivity index (χ0n) is 13.4. The second-order valence-electron chi connectivity index (χ2n) is 5.71. The molecule has 1 fully saturated rings. The van der Waals surface area contributed by atoms with Crippen LogP contribution in [0.1, 0.15) is 31.7 Å². The summed E-state index contributed by atoms with van der Waals surface area (Å²) in [6.07, 6.45) is -2.50. The molecule has 1 aromatic rings. The van der Waals surface area contributed by atoms with Crippen molar-refractivity contribution in [1.29, 1.82) is 0 Å². The Bertz CT molecular complexity index is 540. The Morgan fingerprint density at radius 2 is 2.08 bits per heavy atom. The fraction of sp³-hybridized carbons (Fsp3) is 0.562. The van der Waals surface area contributed by atoms with E-state index in [1.54, 1.807) is 12.1 Å². The second kappa shape index (κ2) is 9.13. The minimum absolute atomic E-state index is 0. The number of nitrogens with one attached hydrogen (secondary N) is 2. The van der Waals surface area contributed by atoms with Gasteiger partial charge in [0.1, 0.15) is 5.75 Å². The predicted molar refractivity (Wildman–Crippen MR) is 87.3 cm³/mol. The number of rotatable bonds is 5. The first kappa shape index (κ1) is 20.6. The van der Waals surface area contributed by atoms with Gasteiger partial charge in [-0.1, -0.05) is 18.2 Å². The summed E-state index contributed by atoms with van der Waals surface area (Å²) in [7, 11) is 0. The van der Waals surface area contributed by atoms with E-state index in [9.17, 15) is 18.0 Å². The van der Waals surface area contributed by atoms with Crippen molar-refractivity contribution in [3.8, 4) is 5.75 Å². The van der Waals surface area contributed by atoms with Gasteiger partial charge in [0.2, 0.25) is 5.91 Å². The molecule has 0 radical (unpaired) electrons. The number of alkyl halides is 3. The summed E-state index contributed by atoms with van der Waals surface area (Å²) in [6.45, 7) is 2.95. The van der Waals surface area contributed by atoms with Crippen molar-refractivity contribution in [1.82, 2.24) is 10.6 Å². The molecule has 2 atom stereocenters. The van der Waals surface area contributed by atoms with Crippen LogP contribution >= 0.6 is 12.4 Å². The van der Waals surface area contributed by atoms with E-state index in [-0.39, 0.29) is 49.0 Å². The summed E-state index contributed by atoms with van der Waals surface area (Å²) in [5, 5.41) is 6.23. The smallest absolute Gasteiger partial charge is 0.406 e. The SMILES string of the molecule is CC1NCCCC1NC(=O)CCc1ccccc1OC(F)(F)F.Cl. The topological polar surface area (TPSA) is 50.4 Å². The number of para-hydroxylation sites is 1. The lowest BCUT2D eigenvalue weighted by Crippen LogP contribution is -2.51. The van der Waals surface area contributed by atoms with Crippen LogP contribution in [0.15, 0.2) is 24.3 Å². The third kappa shape index (κ3) is 6.57. The molecule has 2 N–H and O–H groups in total. The van der Waals surface area contributed by atoms with Crippen molar-refractivity contribution in [2.75, 3.05) is 6.54 Å². The number of benzene rings is 1. The van der Waals surface area contributed by atoms with Crippen molar-refractivity contribution in [3.05, 3.63) is 29.8 Å². The van der Waals surface area contributed by atoms with Gasteiger partial charge in [0, 0.05) is 18.5 Å². The first-order valence-electron chi connectivity index (χ1n) is 7.71. The van der Waals surface area contributed by atoms with Gasteiger partial charge in [-0.15, -0.1) is 25.6 Å². The Labute approximate surface area is 145 Å². The molecule has 0 saturated carbocycles. The Morgan fingerprint density at radius 1 is 1.38 bits per heavy atom. The van der Waals surface area contributed by atoms with Crippen molar-refractivity contribution in [3.63, 3.8) is 0 Å². The molecular weight excluding hydrogens is 345 g/mol. The van der Waals surface area contributed by atoms with Crippen LogP contribution < -0.4 is 15.4 Å². The van der Waals surface area contributed by atoms with E-state index < -0.39 is 6.36 Å². The standard InChI is InChI=1S/C16H21F3N2O2.ClH/c1-11-13(6-4-10-20-11)21-15(22)9-8-12-5-2-3-7-14(12)23-16(17,18)19;/h2-3,5,7,11,13,20H,4,6,8-10H2,1H3,(H,21,22);1H. The molecule has 1 amide bonds. The number of aryl methyl sites for hydroxylation is 1. The molecule has 2 unspecified atom stereocenters. The Kier molecular flexibility index (Phi) is 7.83. The fourth-order valence-corrected chi connectivity index (χ4v) is 2.70. The highest BCUT2D eigenvalue weighted by molar-refractivity contribution is 5.85. The number of ether oxygens (including phenoxy) is 1. The molecule has 2 rings (SSSR count).